The number of rotatable bonds is 2. The molecule has 0 saturated heterocycles. The van der Waals surface area contributed by atoms with Crippen molar-refractivity contribution in [1.82, 2.24) is 4.98 Å². The second-order valence-electron chi connectivity index (χ2n) is 2.27. The van der Waals surface area contributed by atoms with Gasteiger partial charge in [0.25, 0.3) is 6.43 Å². The van der Waals surface area contributed by atoms with Crippen LogP contribution in [0.5, 0.6) is 0 Å². The Morgan fingerprint density at radius 1 is 1.62 bits per heavy atom. The number of pyridine rings is 1. The van der Waals surface area contributed by atoms with Gasteiger partial charge in [-0.2, -0.15) is 0 Å². The molecular formula is C7H5ClF2INO. The first-order chi connectivity index (χ1) is 6.06. The predicted molar refractivity (Wildman–Crippen MR) is 52.8 cm³/mol. The van der Waals surface area contributed by atoms with E-state index in [1.54, 1.807) is 22.6 Å². The normalized spacial score (nSPS) is 10.9. The third-order valence-corrected chi connectivity index (χ3v) is 2.93. The number of nitrogens with zero attached hydrogens (tertiary/aromatic N) is 1. The largest absolute Gasteiger partial charge is 0.392 e. The quantitative estimate of drug-likeness (QED) is 0.672. The molecule has 2 nitrogen and oxygen atoms in total. The van der Waals surface area contributed by atoms with Crippen LogP contribution in [0.25, 0.3) is 0 Å². The van der Waals surface area contributed by atoms with Crippen molar-refractivity contribution in [2.45, 2.75) is 13.0 Å². The molecule has 0 spiro atoms. The van der Waals surface area contributed by atoms with Crippen molar-refractivity contribution >= 4 is 34.2 Å². The third kappa shape index (κ3) is 2.47. The first kappa shape index (κ1) is 11.1. The highest BCUT2D eigenvalue weighted by molar-refractivity contribution is 14.1. The van der Waals surface area contributed by atoms with E-state index in [0.29, 0.717) is 0 Å². The fraction of sp³-hybridized carbons (Fsp3) is 0.286. The average Bonchev–Trinajstić information content (AvgIpc) is 2.09. The fourth-order valence-electron chi connectivity index (χ4n) is 0.796. The summed E-state index contributed by atoms with van der Waals surface area (Å²) < 4.78 is 24.7. The van der Waals surface area contributed by atoms with Crippen LogP contribution < -0.4 is 0 Å². The number of halogens is 4. The molecule has 0 unspecified atom stereocenters. The van der Waals surface area contributed by atoms with Crippen molar-refractivity contribution in [2.75, 3.05) is 0 Å². The van der Waals surface area contributed by atoms with Crippen molar-refractivity contribution in [3.63, 3.8) is 0 Å². The standard InChI is InChI=1S/C7H5ClF2INO/c8-5-3(2-13)1-4(6(9)10)12-7(5)11/h1,6,13H,2H2. The lowest BCUT2D eigenvalue weighted by Gasteiger charge is -2.05. The summed E-state index contributed by atoms with van der Waals surface area (Å²) in [7, 11) is 0. The summed E-state index contributed by atoms with van der Waals surface area (Å²) in [5.74, 6) is 0. The zero-order valence-electron chi connectivity index (χ0n) is 6.27. The summed E-state index contributed by atoms with van der Waals surface area (Å²) in [4.78, 5) is 3.57. The molecule has 0 aliphatic carbocycles. The Balaban J connectivity index is 3.22. The van der Waals surface area contributed by atoms with Gasteiger partial charge >= 0.3 is 0 Å². The second kappa shape index (κ2) is 4.47. The van der Waals surface area contributed by atoms with Crippen LogP contribution in [-0.2, 0) is 6.61 Å². The minimum absolute atomic E-state index is 0.229. The molecule has 0 aliphatic heterocycles. The first-order valence-electron chi connectivity index (χ1n) is 3.30. The number of aliphatic hydroxyl groups is 1. The van der Waals surface area contributed by atoms with Crippen LogP contribution >= 0.6 is 34.2 Å². The van der Waals surface area contributed by atoms with E-state index in [4.69, 9.17) is 16.7 Å². The van der Waals surface area contributed by atoms with Gasteiger partial charge in [-0.1, -0.05) is 11.6 Å². The van der Waals surface area contributed by atoms with E-state index in [0.717, 1.165) is 6.07 Å². The summed E-state index contributed by atoms with van der Waals surface area (Å²) in [5, 5.41) is 9.02. The zero-order chi connectivity index (χ0) is 10.0. The maximum absolute atomic E-state index is 12.2. The zero-order valence-corrected chi connectivity index (χ0v) is 9.18. The van der Waals surface area contributed by atoms with Crippen LogP contribution in [0.3, 0.4) is 0 Å². The van der Waals surface area contributed by atoms with Crippen LogP contribution in [0, 0.1) is 3.70 Å². The van der Waals surface area contributed by atoms with E-state index in [2.05, 4.69) is 4.98 Å². The van der Waals surface area contributed by atoms with E-state index >= 15 is 0 Å². The first-order valence-corrected chi connectivity index (χ1v) is 4.75. The van der Waals surface area contributed by atoms with E-state index in [1.165, 1.54) is 0 Å². The van der Waals surface area contributed by atoms with Gasteiger partial charge < -0.3 is 5.11 Å². The highest BCUT2D eigenvalue weighted by Gasteiger charge is 2.14. The van der Waals surface area contributed by atoms with Crippen molar-refractivity contribution in [2.24, 2.45) is 0 Å². The Kier molecular flexibility index (Phi) is 3.81. The SMILES string of the molecule is OCc1cc(C(F)F)nc(I)c1Cl. The van der Waals surface area contributed by atoms with E-state index < -0.39 is 6.43 Å². The number of aromatic nitrogens is 1. The molecule has 0 aromatic carbocycles. The Morgan fingerprint density at radius 3 is 2.69 bits per heavy atom. The molecule has 0 amide bonds. The van der Waals surface area contributed by atoms with Crippen molar-refractivity contribution in [3.05, 3.63) is 26.0 Å². The third-order valence-electron chi connectivity index (χ3n) is 1.41. The number of alkyl halides is 2. The fourth-order valence-corrected chi connectivity index (χ4v) is 1.58. The molecule has 0 radical (unpaired) electrons. The highest BCUT2D eigenvalue weighted by Crippen LogP contribution is 2.26. The Morgan fingerprint density at radius 2 is 2.23 bits per heavy atom. The molecule has 13 heavy (non-hydrogen) atoms. The van der Waals surface area contributed by atoms with Gasteiger partial charge in [0.05, 0.1) is 11.6 Å². The smallest absolute Gasteiger partial charge is 0.280 e. The monoisotopic (exact) mass is 319 g/mol. The second-order valence-corrected chi connectivity index (χ2v) is 3.67. The number of aliphatic hydroxyl groups excluding tert-OH is 1. The molecule has 1 heterocycles. The molecule has 0 bridgehead atoms. The van der Waals surface area contributed by atoms with Gasteiger partial charge in [-0.05, 0) is 28.7 Å². The van der Waals surface area contributed by atoms with Gasteiger partial charge in [0.1, 0.15) is 9.39 Å². The van der Waals surface area contributed by atoms with E-state index in [1.807, 2.05) is 0 Å². The predicted octanol–water partition coefficient (Wildman–Crippen LogP) is 2.77. The summed E-state index contributed by atoms with van der Waals surface area (Å²) >= 11 is 7.44. The van der Waals surface area contributed by atoms with Crippen LogP contribution in [0.15, 0.2) is 6.07 Å². The minimum Gasteiger partial charge on any atom is -0.392 e. The van der Waals surface area contributed by atoms with Crippen LogP contribution in [0.2, 0.25) is 5.02 Å². The van der Waals surface area contributed by atoms with E-state index in [-0.39, 0.29) is 26.6 Å². The lowest BCUT2D eigenvalue weighted by atomic mass is 10.2. The summed E-state index contributed by atoms with van der Waals surface area (Å²) in [6, 6.07) is 1.11. The summed E-state index contributed by atoms with van der Waals surface area (Å²) in [6.45, 7) is -0.364. The topological polar surface area (TPSA) is 33.1 Å². The van der Waals surface area contributed by atoms with Gasteiger partial charge in [0.15, 0.2) is 0 Å². The molecule has 72 valence electrons. The molecule has 1 N–H and O–H groups in total. The molecular weight excluding hydrogens is 314 g/mol. The van der Waals surface area contributed by atoms with Crippen molar-refractivity contribution < 1.29 is 13.9 Å². The minimum atomic E-state index is -2.64. The Labute approximate surface area is 92.1 Å². The highest BCUT2D eigenvalue weighted by atomic mass is 127. The molecule has 0 aliphatic rings. The molecule has 0 atom stereocenters. The molecule has 0 fully saturated rings. The lowest BCUT2D eigenvalue weighted by Crippen LogP contribution is -1.98. The van der Waals surface area contributed by atoms with Crippen molar-refractivity contribution in [1.29, 1.82) is 0 Å². The van der Waals surface area contributed by atoms with Crippen LogP contribution in [0.4, 0.5) is 8.78 Å². The number of hydrogen-bond acceptors (Lipinski definition) is 2. The van der Waals surface area contributed by atoms with Crippen LogP contribution in [0.1, 0.15) is 17.7 Å². The average molecular weight is 319 g/mol. The molecule has 1 aromatic heterocycles. The van der Waals surface area contributed by atoms with Gasteiger partial charge in [0.2, 0.25) is 0 Å². The van der Waals surface area contributed by atoms with Crippen molar-refractivity contribution in [3.8, 4) is 0 Å². The van der Waals surface area contributed by atoms with Crippen LogP contribution in [-0.4, -0.2) is 10.1 Å². The molecule has 1 rings (SSSR count). The van der Waals surface area contributed by atoms with Gasteiger partial charge in [-0.3, -0.25) is 0 Å². The Hall–Kier alpha value is -0.0100. The molecule has 6 heteroatoms. The van der Waals surface area contributed by atoms with Gasteiger partial charge in [-0.25, -0.2) is 13.8 Å². The maximum Gasteiger partial charge on any atom is 0.280 e. The molecule has 1 aromatic rings. The maximum atomic E-state index is 12.2. The van der Waals surface area contributed by atoms with Gasteiger partial charge in [0, 0.05) is 5.56 Å². The summed E-state index contributed by atoms with van der Waals surface area (Å²) in [5.41, 5.74) is -0.0887. The van der Waals surface area contributed by atoms with E-state index in [9.17, 15) is 8.78 Å². The molecule has 0 saturated carbocycles. The lowest BCUT2D eigenvalue weighted by molar-refractivity contribution is 0.145. The Bertz CT molecular complexity index is 322. The van der Waals surface area contributed by atoms with Gasteiger partial charge in [-0.15, -0.1) is 0 Å². The number of hydrogen-bond donors (Lipinski definition) is 1. The summed E-state index contributed by atoms with van der Waals surface area (Å²) in [6.07, 6.45) is -2.64.